The molecule has 0 atom stereocenters. The third-order valence-corrected chi connectivity index (χ3v) is 5.30. The molecule has 5 nitrogen and oxygen atoms in total. The highest BCUT2D eigenvalue weighted by Gasteiger charge is 2.11. The van der Waals surface area contributed by atoms with Gasteiger partial charge in [-0.25, -0.2) is 4.98 Å². The van der Waals surface area contributed by atoms with Gasteiger partial charge in [-0.05, 0) is 67.1 Å². The first kappa shape index (κ1) is 19.3. The maximum Gasteiger partial charge on any atom is 0.255 e. The summed E-state index contributed by atoms with van der Waals surface area (Å²) in [6.45, 7) is 1.95. The summed E-state index contributed by atoms with van der Waals surface area (Å²) in [6, 6.07) is 16.2. The number of rotatable bonds is 4. The standard InChI is InChI=1S/C22H17Cl2N3O2/c1-12-9-18-19(11-16(12)23)27-21(26-18)13-3-6-15(7-4-13)25-22(28)14-5-8-20(29-2)17(24)10-14/h3-11H,1-2H3,(H,25,28)(H,26,27). The summed E-state index contributed by atoms with van der Waals surface area (Å²) in [4.78, 5) is 20.4. The number of ether oxygens (including phenoxy) is 1. The Morgan fingerprint density at radius 2 is 1.79 bits per heavy atom. The Labute approximate surface area is 177 Å². The summed E-state index contributed by atoms with van der Waals surface area (Å²) in [5, 5.41) is 3.93. The quantitative estimate of drug-likeness (QED) is 0.414. The molecule has 0 spiro atoms. The Balaban J connectivity index is 1.53. The molecule has 4 aromatic rings. The summed E-state index contributed by atoms with van der Waals surface area (Å²) in [7, 11) is 1.53. The summed E-state index contributed by atoms with van der Waals surface area (Å²) >= 11 is 12.3. The lowest BCUT2D eigenvalue weighted by molar-refractivity contribution is 0.102. The molecule has 1 heterocycles. The second-order valence-corrected chi connectivity index (χ2v) is 7.40. The minimum Gasteiger partial charge on any atom is -0.495 e. The van der Waals surface area contributed by atoms with Crippen LogP contribution in [-0.2, 0) is 0 Å². The molecule has 0 bridgehead atoms. The third kappa shape index (κ3) is 3.92. The molecular weight excluding hydrogens is 409 g/mol. The number of aryl methyl sites for hydroxylation is 1. The van der Waals surface area contributed by atoms with Gasteiger partial charge < -0.3 is 15.0 Å². The molecule has 0 saturated carbocycles. The Morgan fingerprint density at radius 1 is 1.03 bits per heavy atom. The number of carbonyl (C=O) groups is 1. The number of methoxy groups -OCH3 is 1. The van der Waals surface area contributed by atoms with Gasteiger partial charge in [-0.2, -0.15) is 0 Å². The molecule has 146 valence electrons. The fraction of sp³-hybridized carbons (Fsp3) is 0.0909. The minimum absolute atomic E-state index is 0.254. The molecule has 0 saturated heterocycles. The second kappa shape index (κ2) is 7.78. The van der Waals surface area contributed by atoms with Gasteiger partial charge in [0, 0.05) is 21.8 Å². The van der Waals surface area contributed by atoms with Crippen LogP contribution in [0, 0.1) is 6.92 Å². The van der Waals surface area contributed by atoms with Crippen molar-refractivity contribution in [2.24, 2.45) is 0 Å². The normalized spacial score (nSPS) is 10.9. The first-order valence-electron chi connectivity index (χ1n) is 8.86. The topological polar surface area (TPSA) is 67.0 Å². The minimum atomic E-state index is -0.254. The first-order valence-corrected chi connectivity index (χ1v) is 9.61. The third-order valence-electron chi connectivity index (χ3n) is 4.59. The van der Waals surface area contributed by atoms with Crippen LogP contribution in [0.5, 0.6) is 5.75 Å². The molecule has 1 amide bonds. The van der Waals surface area contributed by atoms with Gasteiger partial charge in [0.1, 0.15) is 11.6 Å². The Hall–Kier alpha value is -3.02. The molecular formula is C22H17Cl2N3O2. The van der Waals surface area contributed by atoms with Crippen LogP contribution in [0.4, 0.5) is 5.69 Å². The fourth-order valence-electron chi connectivity index (χ4n) is 3.00. The molecule has 3 aromatic carbocycles. The van der Waals surface area contributed by atoms with Gasteiger partial charge in [-0.3, -0.25) is 4.79 Å². The van der Waals surface area contributed by atoms with E-state index in [4.69, 9.17) is 27.9 Å². The molecule has 0 aliphatic heterocycles. The number of anilines is 1. The molecule has 7 heteroatoms. The van der Waals surface area contributed by atoms with Crippen LogP contribution < -0.4 is 10.1 Å². The van der Waals surface area contributed by atoms with Crippen LogP contribution in [0.3, 0.4) is 0 Å². The van der Waals surface area contributed by atoms with Gasteiger partial charge in [0.2, 0.25) is 0 Å². The predicted molar refractivity (Wildman–Crippen MR) is 117 cm³/mol. The van der Waals surface area contributed by atoms with Crippen LogP contribution in [0.1, 0.15) is 15.9 Å². The van der Waals surface area contributed by atoms with Crippen LogP contribution in [-0.4, -0.2) is 23.0 Å². The lowest BCUT2D eigenvalue weighted by Crippen LogP contribution is -2.11. The van der Waals surface area contributed by atoms with E-state index in [9.17, 15) is 4.79 Å². The van der Waals surface area contributed by atoms with Crippen LogP contribution in [0.25, 0.3) is 22.4 Å². The number of hydrogen-bond donors (Lipinski definition) is 2. The smallest absolute Gasteiger partial charge is 0.255 e. The van der Waals surface area contributed by atoms with Crippen molar-refractivity contribution in [2.75, 3.05) is 12.4 Å². The van der Waals surface area contributed by atoms with Crippen LogP contribution in [0.2, 0.25) is 10.0 Å². The zero-order valence-electron chi connectivity index (χ0n) is 15.7. The highest BCUT2D eigenvalue weighted by molar-refractivity contribution is 6.32. The molecule has 0 aliphatic rings. The molecule has 1 aromatic heterocycles. The zero-order chi connectivity index (χ0) is 20.5. The second-order valence-electron chi connectivity index (χ2n) is 6.58. The summed E-state index contributed by atoms with van der Waals surface area (Å²) in [5.74, 6) is 1.01. The summed E-state index contributed by atoms with van der Waals surface area (Å²) < 4.78 is 5.11. The number of nitrogens with one attached hydrogen (secondary N) is 2. The summed E-state index contributed by atoms with van der Waals surface area (Å²) in [6.07, 6.45) is 0. The Bertz CT molecular complexity index is 1180. The Kier molecular flexibility index (Phi) is 5.18. The van der Waals surface area contributed by atoms with E-state index >= 15 is 0 Å². The van der Waals surface area contributed by atoms with E-state index in [1.165, 1.54) is 7.11 Å². The lowest BCUT2D eigenvalue weighted by Gasteiger charge is -2.08. The van der Waals surface area contributed by atoms with E-state index < -0.39 is 0 Å². The highest BCUT2D eigenvalue weighted by atomic mass is 35.5. The van der Waals surface area contributed by atoms with Crippen molar-refractivity contribution in [3.8, 4) is 17.1 Å². The van der Waals surface area contributed by atoms with E-state index in [-0.39, 0.29) is 5.91 Å². The van der Waals surface area contributed by atoms with Gasteiger partial charge in [-0.1, -0.05) is 23.2 Å². The average Bonchev–Trinajstić information content (AvgIpc) is 3.11. The molecule has 4 rings (SSSR count). The van der Waals surface area contributed by atoms with E-state index in [0.717, 1.165) is 28.0 Å². The maximum atomic E-state index is 12.5. The van der Waals surface area contributed by atoms with Gasteiger partial charge in [0.15, 0.2) is 0 Å². The largest absolute Gasteiger partial charge is 0.495 e. The van der Waals surface area contributed by atoms with Crippen molar-refractivity contribution in [3.63, 3.8) is 0 Å². The van der Waals surface area contributed by atoms with Gasteiger partial charge in [-0.15, -0.1) is 0 Å². The van der Waals surface area contributed by atoms with Crippen molar-refractivity contribution >= 4 is 45.8 Å². The Morgan fingerprint density at radius 3 is 2.48 bits per heavy atom. The molecule has 29 heavy (non-hydrogen) atoms. The average molecular weight is 426 g/mol. The van der Waals surface area contributed by atoms with Crippen LogP contribution >= 0.6 is 23.2 Å². The molecule has 0 unspecified atom stereocenters. The number of amides is 1. The van der Waals surface area contributed by atoms with Gasteiger partial charge in [0.05, 0.1) is 23.2 Å². The molecule has 0 radical (unpaired) electrons. The predicted octanol–water partition coefficient (Wildman–Crippen LogP) is 6.11. The number of fused-ring (bicyclic) bond motifs is 1. The molecule has 0 aliphatic carbocycles. The van der Waals surface area contributed by atoms with Crippen molar-refractivity contribution in [3.05, 3.63) is 75.8 Å². The number of aromatic amines is 1. The molecule has 0 fully saturated rings. The number of halogens is 2. The van der Waals surface area contributed by atoms with Crippen molar-refractivity contribution < 1.29 is 9.53 Å². The van der Waals surface area contributed by atoms with Crippen molar-refractivity contribution in [1.82, 2.24) is 9.97 Å². The number of H-pyrrole nitrogens is 1. The van der Waals surface area contributed by atoms with Gasteiger partial charge in [0.25, 0.3) is 5.91 Å². The number of aromatic nitrogens is 2. The first-order chi connectivity index (χ1) is 13.9. The van der Waals surface area contributed by atoms with Crippen LogP contribution in [0.15, 0.2) is 54.6 Å². The number of hydrogen-bond acceptors (Lipinski definition) is 3. The maximum absolute atomic E-state index is 12.5. The van der Waals surface area contributed by atoms with E-state index in [1.54, 1.807) is 18.2 Å². The fourth-order valence-corrected chi connectivity index (χ4v) is 3.41. The monoisotopic (exact) mass is 425 g/mol. The van der Waals surface area contributed by atoms with E-state index in [1.807, 2.05) is 43.3 Å². The van der Waals surface area contributed by atoms with E-state index in [2.05, 4.69) is 15.3 Å². The SMILES string of the molecule is COc1ccc(C(=O)Nc2ccc(-c3nc4cc(Cl)c(C)cc4[nH]3)cc2)cc1Cl. The number of carbonyl (C=O) groups excluding carboxylic acids is 1. The summed E-state index contributed by atoms with van der Waals surface area (Å²) in [5.41, 5.74) is 4.75. The molecule has 2 N–H and O–H groups in total. The number of imidazole rings is 1. The van der Waals surface area contributed by atoms with Gasteiger partial charge >= 0.3 is 0 Å². The highest BCUT2D eigenvalue weighted by Crippen LogP contribution is 2.27. The van der Waals surface area contributed by atoms with E-state index in [0.29, 0.717) is 27.0 Å². The van der Waals surface area contributed by atoms with Crippen molar-refractivity contribution in [1.29, 1.82) is 0 Å². The zero-order valence-corrected chi connectivity index (χ0v) is 17.2. The number of nitrogens with zero attached hydrogens (tertiary/aromatic N) is 1. The van der Waals surface area contributed by atoms with Crippen molar-refractivity contribution in [2.45, 2.75) is 6.92 Å². The number of benzene rings is 3. The lowest BCUT2D eigenvalue weighted by atomic mass is 10.1.